The van der Waals surface area contributed by atoms with Crippen molar-refractivity contribution in [3.63, 3.8) is 0 Å². The number of hydrogen-bond acceptors (Lipinski definition) is 7. The Bertz CT molecular complexity index is 591. The SMILES string of the molecule is Cc1csc(NC(=O)Cn2cnc([N+](=O)[O-])n2)n1. The maximum atomic E-state index is 11.6. The molecule has 2 aromatic heterocycles. The second kappa shape index (κ2) is 4.87. The maximum absolute atomic E-state index is 11.6. The highest BCUT2D eigenvalue weighted by atomic mass is 32.1. The minimum absolute atomic E-state index is 0.153. The van der Waals surface area contributed by atoms with Crippen LogP contribution in [0.5, 0.6) is 0 Å². The number of aromatic nitrogens is 4. The van der Waals surface area contributed by atoms with Crippen LogP contribution in [0.3, 0.4) is 0 Å². The van der Waals surface area contributed by atoms with E-state index >= 15 is 0 Å². The van der Waals surface area contributed by atoms with E-state index in [1.54, 1.807) is 5.38 Å². The molecule has 0 aliphatic rings. The van der Waals surface area contributed by atoms with Gasteiger partial charge in [0.15, 0.2) is 5.13 Å². The van der Waals surface area contributed by atoms with Gasteiger partial charge in [-0.05, 0) is 11.8 Å². The van der Waals surface area contributed by atoms with Gasteiger partial charge >= 0.3 is 5.95 Å². The topological polar surface area (TPSA) is 116 Å². The van der Waals surface area contributed by atoms with Gasteiger partial charge in [-0.2, -0.15) is 4.68 Å². The van der Waals surface area contributed by atoms with Crippen molar-refractivity contribution < 1.29 is 9.72 Å². The third kappa shape index (κ3) is 2.85. The quantitative estimate of drug-likeness (QED) is 0.640. The molecule has 0 radical (unpaired) electrons. The second-order valence-corrected chi connectivity index (χ2v) is 4.20. The van der Waals surface area contributed by atoms with Crippen molar-refractivity contribution in [3.8, 4) is 0 Å². The molecule has 2 aromatic rings. The van der Waals surface area contributed by atoms with Crippen LogP contribution in [0.2, 0.25) is 0 Å². The van der Waals surface area contributed by atoms with Gasteiger partial charge in [0.05, 0.1) is 5.69 Å². The summed E-state index contributed by atoms with van der Waals surface area (Å²) in [6, 6.07) is 0. The molecule has 94 valence electrons. The summed E-state index contributed by atoms with van der Waals surface area (Å²) in [6.07, 6.45) is 1.13. The molecule has 0 saturated carbocycles. The minimum atomic E-state index is -0.724. The number of hydrogen-bond donors (Lipinski definition) is 1. The zero-order valence-electron chi connectivity index (χ0n) is 9.23. The van der Waals surface area contributed by atoms with Crippen molar-refractivity contribution in [2.24, 2.45) is 0 Å². The largest absolute Gasteiger partial charge is 0.490 e. The van der Waals surface area contributed by atoms with Crippen molar-refractivity contribution in [2.75, 3.05) is 5.32 Å². The predicted molar refractivity (Wildman–Crippen MR) is 62.2 cm³/mol. The van der Waals surface area contributed by atoms with Crippen molar-refractivity contribution in [2.45, 2.75) is 13.5 Å². The Morgan fingerprint density at radius 2 is 2.44 bits per heavy atom. The summed E-state index contributed by atoms with van der Waals surface area (Å²) in [7, 11) is 0. The Balaban J connectivity index is 1.96. The number of carbonyl (C=O) groups is 1. The first-order valence-electron chi connectivity index (χ1n) is 4.80. The Morgan fingerprint density at radius 1 is 1.67 bits per heavy atom. The van der Waals surface area contributed by atoms with Gasteiger partial charge in [-0.3, -0.25) is 4.79 Å². The molecule has 0 aromatic carbocycles. The average molecular weight is 268 g/mol. The van der Waals surface area contributed by atoms with Gasteiger partial charge in [0.25, 0.3) is 0 Å². The number of anilines is 1. The van der Waals surface area contributed by atoms with Gasteiger partial charge in [-0.15, -0.1) is 11.3 Å². The number of rotatable bonds is 4. The molecule has 0 aliphatic heterocycles. The monoisotopic (exact) mass is 268 g/mol. The molecule has 1 amide bonds. The van der Waals surface area contributed by atoms with E-state index in [0.717, 1.165) is 16.7 Å². The summed E-state index contributed by atoms with van der Waals surface area (Å²) in [6.45, 7) is 1.66. The van der Waals surface area contributed by atoms with Gasteiger partial charge in [0, 0.05) is 10.5 Å². The third-order valence-corrected chi connectivity index (χ3v) is 2.73. The van der Waals surface area contributed by atoms with Crippen LogP contribution in [0.4, 0.5) is 11.1 Å². The fraction of sp³-hybridized carbons (Fsp3) is 0.250. The number of nitro groups is 1. The summed E-state index contributed by atoms with van der Waals surface area (Å²) in [5, 5.41) is 18.7. The lowest BCUT2D eigenvalue weighted by molar-refractivity contribution is -0.394. The zero-order valence-corrected chi connectivity index (χ0v) is 10.0. The summed E-state index contributed by atoms with van der Waals surface area (Å²) in [5.74, 6) is -0.906. The molecule has 0 saturated heterocycles. The fourth-order valence-electron chi connectivity index (χ4n) is 1.16. The highest BCUT2D eigenvalue weighted by molar-refractivity contribution is 7.13. The van der Waals surface area contributed by atoms with Crippen molar-refractivity contribution in [1.82, 2.24) is 19.7 Å². The molecule has 0 unspecified atom stereocenters. The molecule has 2 heterocycles. The molecule has 18 heavy (non-hydrogen) atoms. The molecule has 0 spiro atoms. The Morgan fingerprint density at radius 3 is 3.00 bits per heavy atom. The number of nitrogens with zero attached hydrogens (tertiary/aromatic N) is 5. The van der Waals surface area contributed by atoms with E-state index in [1.165, 1.54) is 11.3 Å². The number of amides is 1. The summed E-state index contributed by atoms with van der Waals surface area (Å²) < 4.78 is 1.09. The maximum Gasteiger partial charge on any atom is 0.490 e. The summed E-state index contributed by atoms with van der Waals surface area (Å²) in [4.78, 5) is 28.7. The van der Waals surface area contributed by atoms with Gasteiger partial charge in [0.1, 0.15) is 6.54 Å². The molecule has 0 bridgehead atoms. The molecular formula is C8H8N6O3S. The van der Waals surface area contributed by atoms with Gasteiger partial charge in [-0.25, -0.2) is 4.98 Å². The van der Waals surface area contributed by atoms with Crippen LogP contribution in [-0.2, 0) is 11.3 Å². The second-order valence-electron chi connectivity index (χ2n) is 3.34. The third-order valence-electron chi connectivity index (χ3n) is 1.86. The van der Waals surface area contributed by atoms with Crippen LogP contribution in [-0.4, -0.2) is 30.6 Å². The van der Waals surface area contributed by atoms with E-state index in [4.69, 9.17) is 0 Å². The Labute approximate surface area is 105 Å². The summed E-state index contributed by atoms with van der Waals surface area (Å²) >= 11 is 1.30. The molecule has 2 rings (SSSR count). The minimum Gasteiger partial charge on any atom is -0.390 e. The average Bonchev–Trinajstić information content (AvgIpc) is 2.88. The van der Waals surface area contributed by atoms with E-state index in [-0.39, 0.29) is 12.5 Å². The Hall–Kier alpha value is -2.36. The first-order chi connectivity index (χ1) is 8.54. The van der Waals surface area contributed by atoms with E-state index in [9.17, 15) is 14.9 Å². The lowest BCUT2D eigenvalue weighted by Crippen LogP contribution is -2.19. The standard InChI is InChI=1S/C8H8N6O3S/c1-5-3-18-8(10-5)11-6(15)2-13-4-9-7(12-13)14(16)17/h3-4H,2H2,1H3,(H,10,11,15). The zero-order chi connectivity index (χ0) is 13.1. The lowest BCUT2D eigenvalue weighted by Gasteiger charge is -1.98. The van der Waals surface area contributed by atoms with Crippen molar-refractivity contribution in [1.29, 1.82) is 0 Å². The van der Waals surface area contributed by atoms with Crippen LogP contribution in [0.15, 0.2) is 11.7 Å². The van der Waals surface area contributed by atoms with E-state index in [0.29, 0.717) is 5.13 Å². The van der Waals surface area contributed by atoms with Crippen LogP contribution in [0.25, 0.3) is 0 Å². The molecule has 9 nitrogen and oxygen atoms in total. The molecule has 1 N–H and O–H groups in total. The highest BCUT2D eigenvalue weighted by Gasteiger charge is 2.15. The van der Waals surface area contributed by atoms with Crippen LogP contribution >= 0.6 is 11.3 Å². The van der Waals surface area contributed by atoms with Gasteiger partial charge in [0.2, 0.25) is 12.2 Å². The molecule has 0 aliphatic carbocycles. The lowest BCUT2D eigenvalue weighted by atomic mass is 10.6. The Kier molecular flexibility index (Phi) is 3.28. The van der Waals surface area contributed by atoms with Gasteiger partial charge < -0.3 is 15.4 Å². The highest BCUT2D eigenvalue weighted by Crippen LogP contribution is 2.14. The van der Waals surface area contributed by atoms with Crippen molar-refractivity contribution in [3.05, 3.63) is 27.5 Å². The number of thiazole rings is 1. The number of carbonyl (C=O) groups excluding carboxylic acids is 1. The smallest absolute Gasteiger partial charge is 0.390 e. The molecule has 10 heteroatoms. The molecular weight excluding hydrogens is 260 g/mol. The van der Waals surface area contributed by atoms with Crippen LogP contribution < -0.4 is 5.32 Å². The molecule has 0 atom stereocenters. The number of aryl methyl sites for hydroxylation is 1. The van der Waals surface area contributed by atoms with E-state index in [2.05, 4.69) is 20.4 Å². The van der Waals surface area contributed by atoms with Crippen molar-refractivity contribution >= 4 is 28.3 Å². The van der Waals surface area contributed by atoms with Crippen LogP contribution in [0, 0.1) is 17.0 Å². The fourth-order valence-corrected chi connectivity index (χ4v) is 1.87. The van der Waals surface area contributed by atoms with Gasteiger partial charge in [-0.1, -0.05) is 4.98 Å². The van der Waals surface area contributed by atoms with Crippen LogP contribution in [0.1, 0.15) is 5.69 Å². The molecule has 0 fully saturated rings. The first-order valence-corrected chi connectivity index (χ1v) is 5.68. The van der Waals surface area contributed by atoms with E-state index < -0.39 is 10.9 Å². The van der Waals surface area contributed by atoms with E-state index in [1.807, 2.05) is 6.92 Å². The summed E-state index contributed by atoms with van der Waals surface area (Å²) in [5.41, 5.74) is 0.812. The number of nitrogens with one attached hydrogen (secondary N) is 1. The predicted octanol–water partition coefficient (Wildman–Crippen LogP) is 0.590. The normalized spacial score (nSPS) is 10.3. The first kappa shape index (κ1) is 12.1.